The van der Waals surface area contributed by atoms with Gasteiger partial charge in [-0.15, -0.1) is 11.8 Å². The monoisotopic (exact) mass is 238 g/mol. The number of thioether (sulfide) groups is 1. The lowest BCUT2D eigenvalue weighted by Gasteiger charge is -2.20. The van der Waals surface area contributed by atoms with Crippen molar-refractivity contribution < 1.29 is 9.53 Å². The summed E-state index contributed by atoms with van der Waals surface area (Å²) >= 11 is 1.56. The second-order valence-electron chi connectivity index (χ2n) is 4.71. The largest absolute Gasteiger partial charge is 0.456 e. The standard InChI is InChI=1S/C13H18O2S/c1-9-6-7-10(11(8-9)16-5)12(14)15-13(2,3)4/h6-8H,1-5H3. The number of aryl methyl sites for hydroxylation is 1. The molecule has 3 heteroatoms. The molecule has 0 saturated carbocycles. The molecule has 0 aromatic heterocycles. The van der Waals surface area contributed by atoms with E-state index < -0.39 is 5.60 Å². The lowest BCUT2D eigenvalue weighted by molar-refractivity contribution is 0.00656. The predicted octanol–water partition coefficient (Wildman–Crippen LogP) is 3.67. The first-order valence-electron chi connectivity index (χ1n) is 5.21. The number of carbonyl (C=O) groups is 1. The first-order chi connectivity index (χ1) is 7.33. The topological polar surface area (TPSA) is 26.3 Å². The Morgan fingerprint density at radius 3 is 2.44 bits per heavy atom. The van der Waals surface area contributed by atoms with E-state index in [4.69, 9.17) is 4.74 Å². The van der Waals surface area contributed by atoms with Gasteiger partial charge in [0, 0.05) is 4.90 Å². The molecule has 0 aliphatic carbocycles. The van der Waals surface area contributed by atoms with Crippen molar-refractivity contribution in [1.29, 1.82) is 0 Å². The zero-order chi connectivity index (χ0) is 12.3. The van der Waals surface area contributed by atoms with Crippen LogP contribution in [-0.4, -0.2) is 17.8 Å². The Hall–Kier alpha value is -0.960. The highest BCUT2D eigenvalue weighted by Crippen LogP contribution is 2.24. The van der Waals surface area contributed by atoms with E-state index in [9.17, 15) is 4.79 Å². The third-order valence-corrected chi connectivity index (χ3v) is 2.75. The van der Waals surface area contributed by atoms with Crippen molar-refractivity contribution in [3.8, 4) is 0 Å². The number of carbonyl (C=O) groups excluding carboxylic acids is 1. The van der Waals surface area contributed by atoms with Crippen LogP contribution in [-0.2, 0) is 4.74 Å². The van der Waals surface area contributed by atoms with Crippen molar-refractivity contribution in [2.45, 2.75) is 38.2 Å². The summed E-state index contributed by atoms with van der Waals surface area (Å²) in [6.07, 6.45) is 1.96. The maximum atomic E-state index is 11.9. The van der Waals surface area contributed by atoms with Crippen LogP contribution >= 0.6 is 11.8 Å². The van der Waals surface area contributed by atoms with Crippen LogP contribution in [0, 0.1) is 6.92 Å². The van der Waals surface area contributed by atoms with Crippen LogP contribution in [0.5, 0.6) is 0 Å². The molecule has 0 radical (unpaired) electrons. The minimum Gasteiger partial charge on any atom is -0.456 e. The summed E-state index contributed by atoms with van der Waals surface area (Å²) in [6, 6.07) is 5.76. The molecule has 1 rings (SSSR count). The zero-order valence-corrected chi connectivity index (χ0v) is 11.3. The summed E-state index contributed by atoms with van der Waals surface area (Å²) in [5.74, 6) is -0.253. The number of hydrogen-bond acceptors (Lipinski definition) is 3. The molecular weight excluding hydrogens is 220 g/mol. The van der Waals surface area contributed by atoms with E-state index in [0.717, 1.165) is 10.5 Å². The van der Waals surface area contributed by atoms with E-state index in [1.807, 2.05) is 52.1 Å². The van der Waals surface area contributed by atoms with Crippen molar-refractivity contribution >= 4 is 17.7 Å². The SMILES string of the molecule is CSc1cc(C)ccc1C(=O)OC(C)(C)C. The number of esters is 1. The maximum absolute atomic E-state index is 11.9. The molecule has 1 aromatic rings. The van der Waals surface area contributed by atoms with Gasteiger partial charge in [0.15, 0.2) is 0 Å². The van der Waals surface area contributed by atoms with Crippen molar-refractivity contribution in [1.82, 2.24) is 0 Å². The first kappa shape index (κ1) is 13.1. The molecule has 88 valence electrons. The van der Waals surface area contributed by atoms with E-state index in [1.165, 1.54) is 0 Å². The van der Waals surface area contributed by atoms with Gasteiger partial charge in [-0.25, -0.2) is 4.79 Å². The summed E-state index contributed by atoms with van der Waals surface area (Å²) in [5, 5.41) is 0. The van der Waals surface area contributed by atoms with E-state index in [0.29, 0.717) is 5.56 Å². The highest BCUT2D eigenvalue weighted by Gasteiger charge is 2.19. The van der Waals surface area contributed by atoms with Crippen LogP contribution in [0.1, 0.15) is 36.7 Å². The normalized spacial score (nSPS) is 11.3. The first-order valence-corrected chi connectivity index (χ1v) is 6.44. The lowest BCUT2D eigenvalue weighted by atomic mass is 10.1. The van der Waals surface area contributed by atoms with Gasteiger partial charge in [0.1, 0.15) is 5.60 Å². The van der Waals surface area contributed by atoms with Crippen molar-refractivity contribution in [3.63, 3.8) is 0 Å². The third kappa shape index (κ3) is 3.56. The van der Waals surface area contributed by atoms with Crippen LogP contribution in [0.4, 0.5) is 0 Å². The number of rotatable bonds is 2. The number of ether oxygens (including phenoxy) is 1. The molecule has 2 nitrogen and oxygen atoms in total. The molecule has 0 atom stereocenters. The van der Waals surface area contributed by atoms with Crippen molar-refractivity contribution in [2.24, 2.45) is 0 Å². The Bertz CT molecular complexity index is 391. The fourth-order valence-electron chi connectivity index (χ4n) is 1.30. The molecule has 0 unspecified atom stereocenters. The van der Waals surface area contributed by atoms with E-state index in [-0.39, 0.29) is 5.97 Å². The van der Waals surface area contributed by atoms with Gasteiger partial charge in [-0.2, -0.15) is 0 Å². The van der Waals surface area contributed by atoms with Gasteiger partial charge >= 0.3 is 5.97 Å². The molecule has 0 bridgehead atoms. The quantitative estimate of drug-likeness (QED) is 0.581. The maximum Gasteiger partial charge on any atom is 0.339 e. The average Bonchev–Trinajstić information content (AvgIpc) is 2.14. The summed E-state index contributed by atoms with van der Waals surface area (Å²) in [5.41, 5.74) is 1.35. The van der Waals surface area contributed by atoms with Crippen LogP contribution < -0.4 is 0 Å². The lowest BCUT2D eigenvalue weighted by Crippen LogP contribution is -2.24. The highest BCUT2D eigenvalue weighted by molar-refractivity contribution is 7.98. The predicted molar refractivity (Wildman–Crippen MR) is 68.1 cm³/mol. The molecule has 0 fully saturated rings. The van der Waals surface area contributed by atoms with Gasteiger partial charge in [0.25, 0.3) is 0 Å². The molecule has 0 saturated heterocycles. The Morgan fingerprint density at radius 1 is 1.31 bits per heavy atom. The van der Waals surface area contributed by atoms with E-state index >= 15 is 0 Å². The molecule has 0 heterocycles. The van der Waals surface area contributed by atoms with Gasteiger partial charge in [-0.05, 0) is 51.6 Å². The molecule has 0 spiro atoms. The van der Waals surface area contributed by atoms with Gasteiger partial charge < -0.3 is 4.74 Å². The summed E-state index contributed by atoms with van der Waals surface area (Å²) in [4.78, 5) is 12.9. The van der Waals surface area contributed by atoms with E-state index in [2.05, 4.69) is 0 Å². The molecule has 0 N–H and O–H groups in total. The smallest absolute Gasteiger partial charge is 0.339 e. The molecule has 16 heavy (non-hydrogen) atoms. The van der Waals surface area contributed by atoms with Crippen LogP contribution in [0.3, 0.4) is 0 Å². The van der Waals surface area contributed by atoms with Crippen LogP contribution in [0.25, 0.3) is 0 Å². The summed E-state index contributed by atoms with van der Waals surface area (Å²) in [6.45, 7) is 7.63. The van der Waals surface area contributed by atoms with Gasteiger partial charge in [0.2, 0.25) is 0 Å². The Kier molecular flexibility index (Phi) is 4.03. The van der Waals surface area contributed by atoms with Crippen molar-refractivity contribution in [2.75, 3.05) is 6.26 Å². The minimum absolute atomic E-state index is 0.253. The second-order valence-corrected chi connectivity index (χ2v) is 5.55. The van der Waals surface area contributed by atoms with Crippen LogP contribution in [0.2, 0.25) is 0 Å². The van der Waals surface area contributed by atoms with Crippen molar-refractivity contribution in [3.05, 3.63) is 29.3 Å². The minimum atomic E-state index is -0.447. The molecule has 1 aromatic carbocycles. The Balaban J connectivity index is 2.99. The third-order valence-electron chi connectivity index (χ3n) is 1.98. The molecule has 0 aliphatic heterocycles. The fraction of sp³-hybridized carbons (Fsp3) is 0.462. The van der Waals surface area contributed by atoms with Gasteiger partial charge in [0.05, 0.1) is 5.56 Å². The molecular formula is C13H18O2S. The molecule has 0 amide bonds. The Labute approximate surface area is 101 Å². The highest BCUT2D eigenvalue weighted by atomic mass is 32.2. The number of benzene rings is 1. The zero-order valence-electron chi connectivity index (χ0n) is 10.5. The van der Waals surface area contributed by atoms with E-state index in [1.54, 1.807) is 11.8 Å². The average molecular weight is 238 g/mol. The second kappa shape index (κ2) is 4.91. The number of hydrogen-bond donors (Lipinski definition) is 0. The fourth-order valence-corrected chi connectivity index (χ4v) is 1.98. The Morgan fingerprint density at radius 2 is 1.94 bits per heavy atom. The molecule has 0 aliphatic rings. The van der Waals surface area contributed by atoms with Gasteiger partial charge in [-0.1, -0.05) is 6.07 Å². The summed E-state index contributed by atoms with van der Waals surface area (Å²) in [7, 11) is 0. The van der Waals surface area contributed by atoms with Gasteiger partial charge in [-0.3, -0.25) is 0 Å². The summed E-state index contributed by atoms with van der Waals surface area (Å²) < 4.78 is 5.35. The van der Waals surface area contributed by atoms with Crippen LogP contribution in [0.15, 0.2) is 23.1 Å².